The molecule has 1 N–H and O–H groups in total. The summed E-state index contributed by atoms with van der Waals surface area (Å²) < 4.78 is 5.26. The topological polar surface area (TPSA) is 42.1 Å². The van der Waals surface area contributed by atoms with Gasteiger partial charge >= 0.3 is 5.97 Å². The third-order valence-electron chi connectivity index (χ3n) is 2.23. The zero-order valence-electron chi connectivity index (χ0n) is 8.78. The Hall–Kier alpha value is -1.77. The van der Waals surface area contributed by atoms with Gasteiger partial charge in [0.1, 0.15) is 0 Å². The van der Waals surface area contributed by atoms with Crippen LogP contribution in [-0.4, -0.2) is 11.0 Å². The summed E-state index contributed by atoms with van der Waals surface area (Å²) in [4.78, 5) is 14.5. The minimum atomic E-state index is -0.209. The quantitative estimate of drug-likeness (QED) is 0.762. The summed E-state index contributed by atoms with van der Waals surface area (Å²) in [5.41, 5.74) is 0.976. The molecule has 0 aliphatic rings. The van der Waals surface area contributed by atoms with E-state index in [4.69, 9.17) is 4.74 Å². The van der Waals surface area contributed by atoms with Crippen molar-refractivity contribution < 1.29 is 9.53 Å². The first-order valence-corrected chi connectivity index (χ1v) is 4.96. The van der Waals surface area contributed by atoms with Crippen LogP contribution in [0.2, 0.25) is 0 Å². The van der Waals surface area contributed by atoms with Crippen LogP contribution in [0.15, 0.2) is 30.5 Å². The fraction of sp³-hybridized carbons (Fsp3) is 0.250. The Morgan fingerprint density at radius 3 is 2.80 bits per heavy atom. The number of fused-ring (bicyclic) bond motifs is 1. The minimum Gasteiger partial charge on any atom is -0.424 e. The molecule has 0 radical (unpaired) electrons. The summed E-state index contributed by atoms with van der Waals surface area (Å²) >= 11 is 0. The van der Waals surface area contributed by atoms with Crippen LogP contribution < -0.4 is 4.74 Å². The van der Waals surface area contributed by atoms with Gasteiger partial charge in [-0.1, -0.05) is 26.0 Å². The Bertz CT molecular complexity index is 485. The minimum absolute atomic E-state index is 0.112. The van der Waals surface area contributed by atoms with Crippen molar-refractivity contribution in [3.8, 4) is 5.75 Å². The van der Waals surface area contributed by atoms with Gasteiger partial charge in [-0.2, -0.15) is 0 Å². The lowest BCUT2D eigenvalue weighted by Gasteiger charge is -2.04. The van der Waals surface area contributed by atoms with E-state index in [9.17, 15) is 4.79 Å². The number of H-pyrrole nitrogens is 1. The first kappa shape index (κ1) is 9.77. The van der Waals surface area contributed by atoms with Crippen molar-refractivity contribution in [1.82, 2.24) is 4.98 Å². The number of benzene rings is 1. The fourth-order valence-corrected chi connectivity index (χ4v) is 1.36. The van der Waals surface area contributed by atoms with Crippen LogP contribution in [0.4, 0.5) is 0 Å². The second kappa shape index (κ2) is 3.77. The van der Waals surface area contributed by atoms with Gasteiger partial charge < -0.3 is 9.72 Å². The summed E-state index contributed by atoms with van der Waals surface area (Å²) in [5.74, 6) is 0.280. The van der Waals surface area contributed by atoms with Gasteiger partial charge in [0.2, 0.25) is 0 Å². The number of carbonyl (C=O) groups excluding carboxylic acids is 1. The highest BCUT2D eigenvalue weighted by molar-refractivity contribution is 5.88. The summed E-state index contributed by atoms with van der Waals surface area (Å²) in [6, 6.07) is 7.73. The highest BCUT2D eigenvalue weighted by Crippen LogP contribution is 2.25. The maximum atomic E-state index is 11.4. The van der Waals surface area contributed by atoms with E-state index in [1.54, 1.807) is 6.20 Å². The van der Waals surface area contributed by atoms with Gasteiger partial charge in [0.15, 0.2) is 5.75 Å². The molecule has 0 fully saturated rings. The molecule has 2 aromatic rings. The number of para-hydroxylation sites is 1. The Labute approximate surface area is 88.1 Å². The van der Waals surface area contributed by atoms with Crippen molar-refractivity contribution in [2.75, 3.05) is 0 Å². The highest BCUT2D eigenvalue weighted by Gasteiger charge is 2.12. The third-order valence-corrected chi connectivity index (χ3v) is 2.23. The predicted molar refractivity (Wildman–Crippen MR) is 58.8 cm³/mol. The Balaban J connectivity index is 2.33. The van der Waals surface area contributed by atoms with Crippen LogP contribution in [0.25, 0.3) is 10.9 Å². The zero-order chi connectivity index (χ0) is 10.8. The summed E-state index contributed by atoms with van der Waals surface area (Å²) in [7, 11) is 0. The molecule has 0 aliphatic carbocycles. The van der Waals surface area contributed by atoms with Crippen LogP contribution >= 0.6 is 0 Å². The molecule has 0 atom stereocenters. The van der Waals surface area contributed by atoms with E-state index >= 15 is 0 Å². The van der Waals surface area contributed by atoms with E-state index in [0.29, 0.717) is 5.75 Å². The number of nitrogens with one attached hydrogen (secondary N) is 1. The lowest BCUT2D eigenvalue weighted by atomic mass is 10.2. The van der Waals surface area contributed by atoms with Crippen LogP contribution in [0.3, 0.4) is 0 Å². The lowest BCUT2D eigenvalue weighted by Crippen LogP contribution is -2.14. The first-order valence-electron chi connectivity index (χ1n) is 4.96. The molecule has 3 nitrogen and oxygen atoms in total. The summed E-state index contributed by atoms with van der Waals surface area (Å²) in [6.45, 7) is 3.63. The number of carbonyl (C=O) groups is 1. The van der Waals surface area contributed by atoms with Crippen LogP contribution in [0, 0.1) is 5.92 Å². The van der Waals surface area contributed by atoms with Crippen molar-refractivity contribution in [3.05, 3.63) is 30.5 Å². The fourth-order valence-electron chi connectivity index (χ4n) is 1.36. The average Bonchev–Trinajstić information content (AvgIpc) is 2.62. The standard InChI is InChI=1S/C12H13NO2/c1-8(2)12(14)15-11-7-13-10-6-4-3-5-9(10)11/h3-8,13H,1-2H3. The molecule has 0 spiro atoms. The largest absolute Gasteiger partial charge is 0.424 e. The van der Waals surface area contributed by atoms with Crippen LogP contribution in [0.5, 0.6) is 5.75 Å². The third kappa shape index (κ3) is 1.86. The number of esters is 1. The molecule has 0 bridgehead atoms. The summed E-state index contributed by atoms with van der Waals surface area (Å²) in [5, 5.41) is 0.937. The molecule has 0 unspecified atom stereocenters. The maximum Gasteiger partial charge on any atom is 0.313 e. The zero-order valence-corrected chi connectivity index (χ0v) is 8.78. The molecule has 0 amide bonds. The van der Waals surface area contributed by atoms with Crippen LogP contribution in [-0.2, 0) is 4.79 Å². The van der Waals surface area contributed by atoms with Crippen molar-refractivity contribution in [2.45, 2.75) is 13.8 Å². The van der Waals surface area contributed by atoms with Crippen molar-refractivity contribution >= 4 is 16.9 Å². The molecule has 0 aliphatic heterocycles. The van der Waals surface area contributed by atoms with E-state index in [2.05, 4.69) is 4.98 Å². The number of aromatic nitrogens is 1. The molecular formula is C12H13NO2. The van der Waals surface area contributed by atoms with Crippen molar-refractivity contribution in [3.63, 3.8) is 0 Å². The molecular weight excluding hydrogens is 190 g/mol. The van der Waals surface area contributed by atoms with Crippen molar-refractivity contribution in [1.29, 1.82) is 0 Å². The van der Waals surface area contributed by atoms with Gasteiger partial charge in [0.25, 0.3) is 0 Å². The first-order chi connectivity index (χ1) is 7.18. The molecule has 2 rings (SSSR count). The van der Waals surface area contributed by atoms with Gasteiger partial charge in [0.05, 0.1) is 5.92 Å². The number of rotatable bonds is 2. The van der Waals surface area contributed by atoms with Gasteiger partial charge in [0, 0.05) is 17.1 Å². The Morgan fingerprint density at radius 2 is 2.07 bits per heavy atom. The molecule has 15 heavy (non-hydrogen) atoms. The second-order valence-electron chi connectivity index (χ2n) is 3.77. The number of hydrogen-bond acceptors (Lipinski definition) is 2. The van der Waals surface area contributed by atoms with E-state index < -0.39 is 0 Å². The number of hydrogen-bond donors (Lipinski definition) is 1. The molecule has 1 aromatic carbocycles. The summed E-state index contributed by atoms with van der Waals surface area (Å²) in [6.07, 6.45) is 1.71. The number of aromatic amines is 1. The Kier molecular flexibility index (Phi) is 2.46. The SMILES string of the molecule is CC(C)C(=O)Oc1c[nH]c2ccccc12. The molecule has 78 valence electrons. The maximum absolute atomic E-state index is 11.4. The normalized spacial score (nSPS) is 10.9. The van der Waals surface area contributed by atoms with Crippen molar-refractivity contribution in [2.24, 2.45) is 5.92 Å². The van der Waals surface area contributed by atoms with E-state index in [1.807, 2.05) is 38.1 Å². The van der Waals surface area contributed by atoms with Gasteiger partial charge in [-0.3, -0.25) is 4.79 Å². The second-order valence-corrected chi connectivity index (χ2v) is 3.77. The molecule has 0 saturated carbocycles. The van der Waals surface area contributed by atoms with E-state index in [0.717, 1.165) is 10.9 Å². The monoisotopic (exact) mass is 203 g/mol. The molecule has 1 aromatic heterocycles. The number of ether oxygens (including phenoxy) is 1. The van der Waals surface area contributed by atoms with Gasteiger partial charge in [-0.15, -0.1) is 0 Å². The van der Waals surface area contributed by atoms with Gasteiger partial charge in [-0.05, 0) is 12.1 Å². The highest BCUT2D eigenvalue weighted by atomic mass is 16.5. The average molecular weight is 203 g/mol. The van der Waals surface area contributed by atoms with Crippen LogP contribution in [0.1, 0.15) is 13.8 Å². The molecule has 1 heterocycles. The Morgan fingerprint density at radius 1 is 1.33 bits per heavy atom. The molecule has 0 saturated heterocycles. The lowest BCUT2D eigenvalue weighted by molar-refractivity contribution is -0.137. The van der Waals surface area contributed by atoms with E-state index in [1.165, 1.54) is 0 Å². The van der Waals surface area contributed by atoms with Gasteiger partial charge in [-0.25, -0.2) is 0 Å². The molecule has 3 heteroatoms. The smallest absolute Gasteiger partial charge is 0.313 e. The predicted octanol–water partition coefficient (Wildman–Crippen LogP) is 2.73. The van der Waals surface area contributed by atoms with E-state index in [-0.39, 0.29) is 11.9 Å².